The normalized spacial score (nSPS) is 21.2. The highest BCUT2D eigenvalue weighted by atomic mass is 32.2. The molecule has 4 heteroatoms. The Balaban J connectivity index is 3.11. The van der Waals surface area contributed by atoms with E-state index < -0.39 is 0 Å². The summed E-state index contributed by atoms with van der Waals surface area (Å²) >= 11 is 1.63. The largest absolute Gasteiger partial charge is 0.328 e. The molecular weight excluding hydrogens is 220 g/mol. The van der Waals surface area contributed by atoms with E-state index in [0.717, 1.165) is 29.3 Å². The Morgan fingerprint density at radius 2 is 2.19 bits per heavy atom. The van der Waals surface area contributed by atoms with Crippen LogP contribution in [0.4, 0.5) is 0 Å². The first-order valence-electron chi connectivity index (χ1n) is 5.60. The van der Waals surface area contributed by atoms with E-state index >= 15 is 0 Å². The van der Waals surface area contributed by atoms with E-state index in [9.17, 15) is 4.79 Å². The summed E-state index contributed by atoms with van der Waals surface area (Å²) in [6.45, 7) is 5.76. The number of nitrogens with zero attached hydrogens (tertiary/aromatic N) is 2. The van der Waals surface area contributed by atoms with E-state index in [2.05, 4.69) is 11.9 Å². The maximum Gasteiger partial charge on any atom is 0.163 e. The molecule has 1 aliphatic rings. The van der Waals surface area contributed by atoms with Crippen molar-refractivity contribution in [3.05, 3.63) is 11.3 Å². The summed E-state index contributed by atoms with van der Waals surface area (Å²) in [6, 6.07) is 0.0566. The summed E-state index contributed by atoms with van der Waals surface area (Å²) in [5, 5.41) is 1.00. The second-order valence-corrected chi connectivity index (χ2v) is 4.81. The summed E-state index contributed by atoms with van der Waals surface area (Å²) in [4.78, 5) is 18.3. The third-order valence-electron chi connectivity index (χ3n) is 2.90. The minimum Gasteiger partial charge on any atom is -0.328 e. The number of thioether (sulfide) groups is 1. The molecule has 0 fully saturated rings. The van der Waals surface area contributed by atoms with E-state index in [-0.39, 0.29) is 11.8 Å². The van der Waals surface area contributed by atoms with Gasteiger partial charge in [-0.05, 0) is 26.5 Å². The number of allylic oxidation sites excluding steroid dienone is 1. The lowest BCUT2D eigenvalue weighted by Gasteiger charge is -2.31. The van der Waals surface area contributed by atoms with Gasteiger partial charge in [-0.2, -0.15) is 0 Å². The molecule has 0 unspecified atom stereocenters. The lowest BCUT2D eigenvalue weighted by atomic mass is 9.96. The second-order valence-electron chi connectivity index (χ2n) is 4.03. The molecule has 0 spiro atoms. The quantitative estimate of drug-likeness (QED) is 0.760. The fourth-order valence-corrected chi connectivity index (χ4v) is 2.65. The molecule has 0 aromatic carbocycles. The van der Waals surface area contributed by atoms with Crippen LogP contribution in [0, 0.1) is 0 Å². The van der Waals surface area contributed by atoms with Crippen LogP contribution in [0.3, 0.4) is 0 Å². The van der Waals surface area contributed by atoms with E-state index in [0.29, 0.717) is 0 Å². The third kappa shape index (κ3) is 2.48. The van der Waals surface area contributed by atoms with Crippen LogP contribution in [0.15, 0.2) is 16.3 Å². The Bertz CT molecular complexity index is 347. The first-order chi connectivity index (χ1) is 7.52. The van der Waals surface area contributed by atoms with Crippen molar-refractivity contribution in [2.24, 2.45) is 4.99 Å². The van der Waals surface area contributed by atoms with Crippen LogP contribution in [0.5, 0.6) is 0 Å². The summed E-state index contributed by atoms with van der Waals surface area (Å²) < 4.78 is 0. The highest BCUT2D eigenvalue weighted by Gasteiger charge is 2.27. The van der Waals surface area contributed by atoms with Crippen molar-refractivity contribution >= 4 is 22.7 Å². The van der Waals surface area contributed by atoms with Crippen LogP contribution in [0.1, 0.15) is 33.6 Å². The van der Waals surface area contributed by atoms with Gasteiger partial charge in [0.25, 0.3) is 0 Å². The lowest BCUT2D eigenvalue weighted by Crippen LogP contribution is -2.34. The van der Waals surface area contributed by atoms with Gasteiger partial charge in [0.15, 0.2) is 11.0 Å². The zero-order valence-corrected chi connectivity index (χ0v) is 11.5. The van der Waals surface area contributed by atoms with E-state index in [1.54, 1.807) is 18.7 Å². The number of aliphatic imine (C=N–C) groups is 1. The third-order valence-corrected chi connectivity index (χ3v) is 3.65. The molecule has 0 saturated carbocycles. The average Bonchev–Trinajstić information content (AvgIpc) is 2.23. The van der Waals surface area contributed by atoms with Crippen molar-refractivity contribution in [1.29, 1.82) is 0 Å². The number of hydrogen-bond donors (Lipinski definition) is 0. The number of hydrogen-bond acceptors (Lipinski definition) is 4. The molecule has 1 aliphatic heterocycles. The zero-order chi connectivity index (χ0) is 12.3. The number of rotatable bonds is 3. The van der Waals surface area contributed by atoms with Crippen molar-refractivity contribution < 1.29 is 4.79 Å². The minimum atomic E-state index is 0.0566. The van der Waals surface area contributed by atoms with Crippen LogP contribution < -0.4 is 0 Å². The number of carbonyl (C=O) groups is 1. The van der Waals surface area contributed by atoms with Gasteiger partial charge in [-0.15, -0.1) is 0 Å². The van der Waals surface area contributed by atoms with Gasteiger partial charge in [0.2, 0.25) is 0 Å². The smallest absolute Gasteiger partial charge is 0.163 e. The summed E-state index contributed by atoms with van der Waals surface area (Å²) in [6.07, 6.45) is 4.01. The molecular formula is C12H20N2OS. The Hall–Kier alpha value is -0.770. The maximum atomic E-state index is 11.7. The first-order valence-corrected chi connectivity index (χ1v) is 6.82. The molecule has 16 heavy (non-hydrogen) atoms. The van der Waals surface area contributed by atoms with Crippen LogP contribution in [-0.2, 0) is 4.79 Å². The zero-order valence-electron chi connectivity index (χ0n) is 10.7. The maximum absolute atomic E-state index is 11.7. The molecule has 0 aliphatic carbocycles. The summed E-state index contributed by atoms with van der Waals surface area (Å²) in [5.41, 5.74) is 1.92. The van der Waals surface area contributed by atoms with Crippen LogP contribution >= 0.6 is 11.8 Å². The van der Waals surface area contributed by atoms with Gasteiger partial charge in [-0.1, -0.05) is 25.1 Å². The monoisotopic (exact) mass is 240 g/mol. The molecule has 1 heterocycles. The average molecular weight is 240 g/mol. The topological polar surface area (TPSA) is 32.7 Å². The Morgan fingerprint density at radius 1 is 1.56 bits per heavy atom. The van der Waals surface area contributed by atoms with E-state index in [1.807, 2.05) is 25.1 Å². The molecule has 0 aromatic rings. The second kappa shape index (κ2) is 5.53. The van der Waals surface area contributed by atoms with Gasteiger partial charge < -0.3 is 4.90 Å². The SMILES string of the molecule is CCC[C@H]1N=C(SC)N(C)C(C)=C1C(C)=O. The number of amidine groups is 1. The van der Waals surface area contributed by atoms with Crippen LogP contribution in [0.2, 0.25) is 0 Å². The molecule has 1 atom stereocenters. The highest BCUT2D eigenvalue weighted by Crippen LogP contribution is 2.27. The van der Waals surface area contributed by atoms with Gasteiger partial charge >= 0.3 is 0 Å². The van der Waals surface area contributed by atoms with Gasteiger partial charge in [0.05, 0.1) is 6.04 Å². The Kier molecular flexibility index (Phi) is 4.59. The summed E-state index contributed by atoms with van der Waals surface area (Å²) in [5.74, 6) is 0.145. The Morgan fingerprint density at radius 3 is 2.62 bits per heavy atom. The molecule has 3 nitrogen and oxygen atoms in total. The highest BCUT2D eigenvalue weighted by molar-refractivity contribution is 8.13. The van der Waals surface area contributed by atoms with Crippen molar-refractivity contribution in [3.63, 3.8) is 0 Å². The molecule has 90 valence electrons. The van der Waals surface area contributed by atoms with Crippen molar-refractivity contribution in [2.75, 3.05) is 13.3 Å². The molecule has 1 rings (SSSR count). The number of ketones is 1. The summed E-state index contributed by atoms with van der Waals surface area (Å²) in [7, 11) is 1.97. The molecule has 0 radical (unpaired) electrons. The van der Waals surface area contributed by atoms with Crippen molar-refractivity contribution in [1.82, 2.24) is 4.90 Å². The predicted octanol–water partition coefficient (Wildman–Crippen LogP) is 2.68. The van der Waals surface area contributed by atoms with Crippen molar-refractivity contribution in [3.8, 4) is 0 Å². The van der Waals surface area contributed by atoms with Crippen molar-refractivity contribution in [2.45, 2.75) is 39.7 Å². The van der Waals surface area contributed by atoms with Gasteiger partial charge in [0.1, 0.15) is 0 Å². The molecule has 0 N–H and O–H groups in total. The predicted molar refractivity (Wildman–Crippen MR) is 70.8 cm³/mol. The fourth-order valence-electron chi connectivity index (χ4n) is 2.01. The first kappa shape index (κ1) is 13.3. The molecule has 0 saturated heterocycles. The molecule has 0 amide bonds. The lowest BCUT2D eigenvalue weighted by molar-refractivity contribution is -0.114. The standard InChI is InChI=1S/C12H20N2OS/c1-6-7-10-11(9(3)15)8(2)14(4)12(13-10)16-5/h10H,6-7H2,1-5H3/t10-/m1/s1. The van der Waals surface area contributed by atoms with E-state index in [1.165, 1.54) is 0 Å². The fraction of sp³-hybridized carbons (Fsp3) is 0.667. The number of Topliss-reactive ketones (excluding diaryl/α,β-unsaturated/α-hetero) is 1. The molecule has 0 bridgehead atoms. The van der Waals surface area contributed by atoms with Crippen LogP contribution in [-0.4, -0.2) is 35.2 Å². The van der Waals surface area contributed by atoms with Gasteiger partial charge in [-0.3, -0.25) is 9.79 Å². The minimum absolute atomic E-state index is 0.0566. The van der Waals surface area contributed by atoms with Gasteiger partial charge in [-0.25, -0.2) is 0 Å². The Labute approximate surface area is 102 Å². The van der Waals surface area contributed by atoms with Gasteiger partial charge in [0, 0.05) is 18.3 Å². The molecule has 0 aromatic heterocycles. The van der Waals surface area contributed by atoms with E-state index in [4.69, 9.17) is 0 Å². The van der Waals surface area contributed by atoms with Crippen LogP contribution in [0.25, 0.3) is 0 Å². The number of carbonyl (C=O) groups excluding carboxylic acids is 1.